The Morgan fingerprint density at radius 1 is 1.11 bits per heavy atom. The fourth-order valence-corrected chi connectivity index (χ4v) is 4.89. The van der Waals surface area contributed by atoms with Crippen LogP contribution in [0.3, 0.4) is 0 Å². The number of ether oxygens (including phenoxy) is 1. The van der Waals surface area contributed by atoms with E-state index < -0.39 is 11.3 Å². The fraction of sp³-hybridized carbons (Fsp3) is 0.444. The summed E-state index contributed by atoms with van der Waals surface area (Å²) in [6, 6.07) is 8.18. The lowest BCUT2D eigenvalue weighted by Crippen LogP contribution is -2.49. The number of rotatable bonds is 8. The lowest BCUT2D eigenvalue weighted by Gasteiger charge is -2.35. The maximum atomic E-state index is 13.5. The molecule has 0 unspecified atom stereocenters. The monoisotopic (exact) mass is 478 g/mol. The second-order valence-electron chi connectivity index (χ2n) is 9.22. The van der Waals surface area contributed by atoms with E-state index in [1.807, 2.05) is 22.8 Å². The molecule has 1 aromatic heterocycles. The molecular weight excluding hydrogens is 444 g/mol. The summed E-state index contributed by atoms with van der Waals surface area (Å²) in [5, 5.41) is 2.68. The van der Waals surface area contributed by atoms with E-state index in [0.717, 1.165) is 43.5 Å². The van der Waals surface area contributed by atoms with E-state index in [1.54, 1.807) is 30.5 Å². The Hall–Kier alpha value is -3.39. The lowest BCUT2D eigenvalue weighted by molar-refractivity contribution is 0.0626. The molecule has 1 N–H and O–H groups in total. The highest BCUT2D eigenvalue weighted by Gasteiger charge is 2.28. The number of piperazine rings is 1. The molecule has 2 aromatic rings. The van der Waals surface area contributed by atoms with Crippen molar-refractivity contribution in [3.63, 3.8) is 0 Å². The molecule has 2 amide bonds. The molecule has 1 aliphatic heterocycles. The van der Waals surface area contributed by atoms with Crippen molar-refractivity contribution in [2.24, 2.45) is 0 Å². The van der Waals surface area contributed by atoms with Crippen LogP contribution >= 0.6 is 0 Å². The number of benzene rings is 1. The first kappa shape index (κ1) is 24.7. The Morgan fingerprint density at radius 2 is 1.83 bits per heavy atom. The van der Waals surface area contributed by atoms with E-state index >= 15 is 0 Å². The van der Waals surface area contributed by atoms with Crippen molar-refractivity contribution in [2.75, 3.05) is 39.8 Å². The van der Waals surface area contributed by atoms with Crippen molar-refractivity contribution in [1.82, 2.24) is 19.7 Å². The summed E-state index contributed by atoms with van der Waals surface area (Å²) >= 11 is 0. The average molecular weight is 479 g/mol. The molecular formula is C27H34N4O4. The van der Waals surface area contributed by atoms with Gasteiger partial charge in [0.1, 0.15) is 16.9 Å². The minimum Gasteiger partial charge on any atom is -0.497 e. The molecule has 1 saturated carbocycles. The maximum Gasteiger partial charge on any atom is 0.259 e. The average Bonchev–Trinajstić information content (AvgIpc) is 3.43. The molecule has 2 aliphatic rings. The lowest BCUT2D eigenvalue weighted by atomic mass is 10.1. The van der Waals surface area contributed by atoms with Crippen LogP contribution in [0, 0.1) is 0 Å². The van der Waals surface area contributed by atoms with E-state index in [9.17, 15) is 14.4 Å². The van der Waals surface area contributed by atoms with Gasteiger partial charge in [-0.3, -0.25) is 19.3 Å². The third-order valence-electron chi connectivity index (χ3n) is 6.87. The van der Waals surface area contributed by atoms with Crippen LogP contribution in [0.25, 0.3) is 0 Å². The van der Waals surface area contributed by atoms with E-state index in [0.29, 0.717) is 26.2 Å². The molecule has 4 rings (SSSR count). The number of hydrogen-bond acceptors (Lipinski definition) is 5. The summed E-state index contributed by atoms with van der Waals surface area (Å²) < 4.78 is 7.22. The number of methoxy groups -OCH3 is 1. The minimum atomic E-state index is -0.510. The topological polar surface area (TPSA) is 83.9 Å². The van der Waals surface area contributed by atoms with E-state index in [1.165, 1.54) is 0 Å². The third kappa shape index (κ3) is 5.82. The smallest absolute Gasteiger partial charge is 0.259 e. The molecule has 0 radical (unpaired) electrons. The molecule has 8 nitrogen and oxygen atoms in total. The quantitative estimate of drug-likeness (QED) is 0.590. The van der Waals surface area contributed by atoms with Gasteiger partial charge in [-0.25, -0.2) is 0 Å². The molecule has 186 valence electrons. The zero-order chi connectivity index (χ0) is 24.8. The number of carbonyl (C=O) groups is 2. The van der Waals surface area contributed by atoms with Crippen LogP contribution in [-0.4, -0.2) is 66.0 Å². The number of aromatic nitrogens is 1. The van der Waals surface area contributed by atoms with Gasteiger partial charge in [-0.2, -0.15) is 0 Å². The van der Waals surface area contributed by atoms with Gasteiger partial charge < -0.3 is 19.5 Å². The van der Waals surface area contributed by atoms with Crippen molar-refractivity contribution in [1.29, 1.82) is 0 Å². The second-order valence-corrected chi connectivity index (χ2v) is 9.22. The van der Waals surface area contributed by atoms with E-state index in [-0.39, 0.29) is 29.6 Å². The normalized spacial score (nSPS) is 16.8. The summed E-state index contributed by atoms with van der Waals surface area (Å²) in [4.78, 5) is 43.4. The number of carbonyl (C=O) groups excluding carboxylic acids is 2. The van der Waals surface area contributed by atoms with Gasteiger partial charge in [-0.1, -0.05) is 31.1 Å². The SMILES string of the molecule is C=CCNC(=O)c1cn(C2CCCC2)cc(C(=O)N2CCN(Cc3cccc(OC)c3)CC2)c1=O. The Morgan fingerprint density at radius 3 is 2.51 bits per heavy atom. The van der Waals surface area contributed by atoms with E-state index in [4.69, 9.17) is 4.74 Å². The van der Waals surface area contributed by atoms with Gasteiger partial charge >= 0.3 is 0 Å². The zero-order valence-electron chi connectivity index (χ0n) is 20.4. The van der Waals surface area contributed by atoms with Crippen molar-refractivity contribution in [3.05, 3.63) is 76.2 Å². The highest BCUT2D eigenvalue weighted by molar-refractivity contribution is 5.99. The first-order chi connectivity index (χ1) is 17.0. The minimum absolute atomic E-state index is 0.0151. The molecule has 1 saturated heterocycles. The number of hydrogen-bond donors (Lipinski definition) is 1. The molecule has 2 fully saturated rings. The Bertz CT molecular complexity index is 1130. The van der Waals surface area contributed by atoms with Crippen molar-refractivity contribution < 1.29 is 14.3 Å². The largest absolute Gasteiger partial charge is 0.497 e. The van der Waals surface area contributed by atoms with Gasteiger partial charge in [-0.05, 0) is 30.5 Å². The summed E-state index contributed by atoms with van der Waals surface area (Å²) in [5.41, 5.74) is 0.733. The third-order valence-corrected chi connectivity index (χ3v) is 6.87. The van der Waals surface area contributed by atoms with Crippen LogP contribution in [0.4, 0.5) is 0 Å². The molecule has 1 aromatic carbocycles. The molecule has 8 heteroatoms. The Labute approximate surface area is 206 Å². The highest BCUT2D eigenvalue weighted by Crippen LogP contribution is 2.29. The van der Waals surface area contributed by atoms with Gasteiger partial charge in [0, 0.05) is 57.7 Å². The van der Waals surface area contributed by atoms with Gasteiger partial charge in [0.05, 0.1) is 7.11 Å². The zero-order valence-corrected chi connectivity index (χ0v) is 20.4. The number of nitrogens with zero attached hydrogens (tertiary/aromatic N) is 3. The molecule has 2 heterocycles. The Kier molecular flexibility index (Phi) is 8.02. The standard InChI is InChI=1S/C27H34N4O4/c1-3-11-28-26(33)23-18-31(21-8-4-5-9-21)19-24(25(23)32)27(34)30-14-12-29(13-15-30)17-20-7-6-10-22(16-20)35-2/h3,6-7,10,16,18-19,21H,1,4-5,8-9,11-15,17H2,2H3,(H,28,33). The molecule has 0 spiro atoms. The maximum absolute atomic E-state index is 13.5. The summed E-state index contributed by atoms with van der Waals surface area (Å²) in [6.07, 6.45) is 9.00. The fourth-order valence-electron chi connectivity index (χ4n) is 4.89. The molecule has 0 bridgehead atoms. The van der Waals surface area contributed by atoms with Gasteiger partial charge in [0.25, 0.3) is 11.8 Å². The van der Waals surface area contributed by atoms with Gasteiger partial charge in [0.2, 0.25) is 5.43 Å². The summed E-state index contributed by atoms with van der Waals surface area (Å²) in [6.45, 7) is 7.11. The second kappa shape index (κ2) is 11.4. The van der Waals surface area contributed by atoms with Crippen molar-refractivity contribution in [3.8, 4) is 5.75 Å². The van der Waals surface area contributed by atoms with Gasteiger partial charge in [-0.15, -0.1) is 6.58 Å². The van der Waals surface area contributed by atoms with Crippen molar-refractivity contribution >= 4 is 11.8 Å². The molecule has 1 aliphatic carbocycles. The molecule has 35 heavy (non-hydrogen) atoms. The summed E-state index contributed by atoms with van der Waals surface area (Å²) in [5.74, 6) is 0.0485. The number of pyridine rings is 1. The van der Waals surface area contributed by atoms with Crippen LogP contribution in [0.15, 0.2) is 54.1 Å². The van der Waals surface area contributed by atoms with E-state index in [2.05, 4.69) is 22.9 Å². The summed E-state index contributed by atoms with van der Waals surface area (Å²) in [7, 11) is 1.66. The number of amides is 2. The predicted molar refractivity (Wildman–Crippen MR) is 135 cm³/mol. The Balaban J connectivity index is 1.50. The van der Waals surface area contributed by atoms with Crippen LogP contribution in [-0.2, 0) is 6.54 Å². The van der Waals surface area contributed by atoms with Crippen LogP contribution < -0.4 is 15.5 Å². The molecule has 0 atom stereocenters. The van der Waals surface area contributed by atoms with Gasteiger partial charge in [0.15, 0.2) is 0 Å². The van der Waals surface area contributed by atoms with Crippen LogP contribution in [0.2, 0.25) is 0 Å². The van der Waals surface area contributed by atoms with Crippen LogP contribution in [0.1, 0.15) is 58.0 Å². The highest BCUT2D eigenvalue weighted by atomic mass is 16.5. The number of nitrogens with one attached hydrogen (secondary N) is 1. The first-order valence-corrected chi connectivity index (χ1v) is 12.3. The first-order valence-electron chi connectivity index (χ1n) is 12.3. The predicted octanol–water partition coefficient (Wildman–Crippen LogP) is 2.85. The van der Waals surface area contributed by atoms with Crippen LogP contribution in [0.5, 0.6) is 5.75 Å². The van der Waals surface area contributed by atoms with Crippen molar-refractivity contribution in [2.45, 2.75) is 38.3 Å².